The van der Waals surface area contributed by atoms with Gasteiger partial charge < -0.3 is 15.7 Å². The highest BCUT2D eigenvalue weighted by molar-refractivity contribution is 14.1. The van der Waals surface area contributed by atoms with Gasteiger partial charge in [0, 0.05) is 14.8 Å². The number of carboxylic acid groups (broad SMARTS) is 1. The summed E-state index contributed by atoms with van der Waals surface area (Å²) in [6.07, 6.45) is 2.56. The average Bonchev–Trinajstić information content (AvgIpc) is 2.42. The fourth-order valence-electron chi connectivity index (χ4n) is 1.50. The molecule has 2 aromatic rings. The van der Waals surface area contributed by atoms with Crippen molar-refractivity contribution >= 4 is 57.6 Å². The Hall–Kier alpha value is -1.87. The maximum atomic E-state index is 11.9. The lowest BCUT2D eigenvalue weighted by atomic mass is 10.2. The van der Waals surface area contributed by atoms with Gasteiger partial charge >= 0.3 is 12.0 Å². The number of rotatable bonds is 3. The molecule has 0 aliphatic carbocycles. The first-order valence-corrected chi connectivity index (χ1v) is 7.13. The van der Waals surface area contributed by atoms with E-state index in [0.717, 1.165) is 3.57 Å². The first kappa shape index (κ1) is 15.5. The maximum Gasteiger partial charge on any atom is 0.337 e. The molecule has 0 radical (unpaired) electrons. The molecule has 0 unspecified atom stereocenters. The number of carbonyl (C=O) groups is 2. The molecule has 0 atom stereocenters. The van der Waals surface area contributed by atoms with Crippen molar-refractivity contribution in [3.63, 3.8) is 0 Å². The highest BCUT2D eigenvalue weighted by Crippen LogP contribution is 2.22. The van der Waals surface area contributed by atoms with Gasteiger partial charge in [-0.3, -0.25) is 4.98 Å². The zero-order chi connectivity index (χ0) is 15.4. The molecule has 3 N–H and O–H groups in total. The van der Waals surface area contributed by atoms with Crippen molar-refractivity contribution in [3.8, 4) is 0 Å². The number of pyridine rings is 1. The van der Waals surface area contributed by atoms with Crippen molar-refractivity contribution in [2.75, 3.05) is 10.6 Å². The molecule has 2 amide bonds. The molecular weight excluding hydrogens is 409 g/mol. The summed E-state index contributed by atoms with van der Waals surface area (Å²) >= 11 is 7.88. The summed E-state index contributed by atoms with van der Waals surface area (Å²) in [5.74, 6) is -1.11. The van der Waals surface area contributed by atoms with Crippen LogP contribution < -0.4 is 10.6 Å². The number of carboxylic acids is 1. The van der Waals surface area contributed by atoms with E-state index in [1.54, 1.807) is 18.2 Å². The van der Waals surface area contributed by atoms with Gasteiger partial charge in [0.2, 0.25) is 0 Å². The minimum Gasteiger partial charge on any atom is -0.478 e. The number of hydrogen-bond donors (Lipinski definition) is 3. The van der Waals surface area contributed by atoms with Crippen molar-refractivity contribution < 1.29 is 14.7 Å². The van der Waals surface area contributed by atoms with Gasteiger partial charge in [-0.2, -0.15) is 0 Å². The zero-order valence-corrected chi connectivity index (χ0v) is 13.3. The van der Waals surface area contributed by atoms with Crippen molar-refractivity contribution in [1.82, 2.24) is 4.98 Å². The number of halogens is 2. The number of anilines is 2. The Morgan fingerprint density at radius 2 is 1.95 bits per heavy atom. The lowest BCUT2D eigenvalue weighted by molar-refractivity contribution is 0.0696. The third-order valence-corrected chi connectivity index (χ3v) is 3.55. The molecule has 2 rings (SSSR count). The largest absolute Gasteiger partial charge is 0.478 e. The fraction of sp³-hybridized carbons (Fsp3) is 0. The molecular formula is C13H9ClIN3O3. The van der Waals surface area contributed by atoms with Gasteiger partial charge in [-0.1, -0.05) is 11.6 Å². The molecule has 0 spiro atoms. The van der Waals surface area contributed by atoms with Gasteiger partial charge in [0.1, 0.15) is 0 Å². The lowest BCUT2D eigenvalue weighted by Gasteiger charge is -2.09. The normalized spacial score (nSPS) is 10.0. The van der Waals surface area contributed by atoms with Crippen LogP contribution in [0.4, 0.5) is 16.2 Å². The van der Waals surface area contributed by atoms with E-state index in [4.69, 9.17) is 16.7 Å². The number of aromatic nitrogens is 1. The molecule has 0 saturated heterocycles. The molecule has 0 bridgehead atoms. The highest BCUT2D eigenvalue weighted by atomic mass is 127. The summed E-state index contributed by atoms with van der Waals surface area (Å²) in [4.78, 5) is 26.4. The summed E-state index contributed by atoms with van der Waals surface area (Å²) in [5.41, 5.74) is 0.880. The van der Waals surface area contributed by atoms with Gasteiger partial charge in [-0.25, -0.2) is 9.59 Å². The monoisotopic (exact) mass is 417 g/mol. The quantitative estimate of drug-likeness (QED) is 0.665. The van der Waals surface area contributed by atoms with E-state index < -0.39 is 12.0 Å². The van der Waals surface area contributed by atoms with E-state index >= 15 is 0 Å². The van der Waals surface area contributed by atoms with Gasteiger partial charge in [-0.05, 0) is 46.9 Å². The Morgan fingerprint density at radius 1 is 1.19 bits per heavy atom. The molecule has 1 aromatic heterocycles. The van der Waals surface area contributed by atoms with Crippen molar-refractivity contribution in [2.45, 2.75) is 0 Å². The molecule has 0 aliphatic heterocycles. The number of amides is 2. The standard InChI is InChI=1S/C13H9ClIN3O3/c14-8-1-2-11(10(15)4-8)18-13(21)17-9-3-7(12(19)20)5-16-6-9/h1-6H,(H,19,20)(H2,17,18,21). The van der Waals surface area contributed by atoms with Crippen LogP contribution in [-0.4, -0.2) is 22.1 Å². The molecule has 8 heteroatoms. The molecule has 21 heavy (non-hydrogen) atoms. The molecule has 6 nitrogen and oxygen atoms in total. The Morgan fingerprint density at radius 3 is 2.62 bits per heavy atom. The van der Waals surface area contributed by atoms with E-state index in [-0.39, 0.29) is 11.3 Å². The minimum absolute atomic E-state index is 0.00567. The fourth-order valence-corrected chi connectivity index (χ4v) is 2.51. The molecule has 0 aliphatic rings. The summed E-state index contributed by atoms with van der Waals surface area (Å²) < 4.78 is 0.785. The molecule has 0 fully saturated rings. The Balaban J connectivity index is 2.08. The number of nitrogens with zero attached hydrogens (tertiary/aromatic N) is 1. The van der Waals surface area contributed by atoms with Gasteiger partial charge in [0.05, 0.1) is 23.1 Å². The summed E-state index contributed by atoms with van der Waals surface area (Å²) in [6, 6.07) is 5.87. The zero-order valence-electron chi connectivity index (χ0n) is 10.4. The van der Waals surface area contributed by atoms with Crippen LogP contribution in [0.1, 0.15) is 10.4 Å². The van der Waals surface area contributed by atoms with Gasteiger partial charge in [0.15, 0.2) is 0 Å². The second-order valence-electron chi connectivity index (χ2n) is 3.97. The van der Waals surface area contributed by atoms with E-state index in [2.05, 4.69) is 15.6 Å². The van der Waals surface area contributed by atoms with Gasteiger partial charge in [-0.15, -0.1) is 0 Å². The number of carbonyl (C=O) groups excluding carboxylic acids is 1. The topological polar surface area (TPSA) is 91.3 Å². The van der Waals surface area contributed by atoms with Crippen LogP contribution in [0.15, 0.2) is 36.7 Å². The lowest BCUT2D eigenvalue weighted by Crippen LogP contribution is -2.20. The summed E-state index contributed by atoms with van der Waals surface area (Å²) in [7, 11) is 0. The Bertz CT molecular complexity index is 709. The third-order valence-electron chi connectivity index (χ3n) is 2.42. The number of benzene rings is 1. The average molecular weight is 418 g/mol. The second kappa shape index (κ2) is 6.72. The van der Waals surface area contributed by atoms with Crippen molar-refractivity contribution in [2.24, 2.45) is 0 Å². The van der Waals surface area contributed by atoms with Gasteiger partial charge in [0.25, 0.3) is 0 Å². The first-order chi connectivity index (χ1) is 9.95. The predicted octanol–water partition coefficient (Wildman–Crippen LogP) is 3.68. The van der Waals surface area contributed by atoms with E-state index in [1.807, 2.05) is 22.6 Å². The SMILES string of the molecule is O=C(Nc1cncc(C(=O)O)c1)Nc1ccc(Cl)cc1I. The first-order valence-electron chi connectivity index (χ1n) is 5.67. The molecule has 0 saturated carbocycles. The maximum absolute atomic E-state index is 11.9. The third kappa shape index (κ3) is 4.30. The van der Waals surface area contributed by atoms with Crippen LogP contribution >= 0.6 is 34.2 Å². The molecule has 1 heterocycles. The van der Waals surface area contributed by atoms with E-state index in [0.29, 0.717) is 10.7 Å². The molecule has 1 aromatic carbocycles. The second-order valence-corrected chi connectivity index (χ2v) is 5.57. The van der Waals surface area contributed by atoms with E-state index in [9.17, 15) is 9.59 Å². The summed E-state index contributed by atoms with van der Waals surface area (Å²) in [5, 5.41) is 14.6. The number of hydrogen-bond acceptors (Lipinski definition) is 3. The molecule has 108 valence electrons. The van der Waals surface area contributed by atoms with Crippen LogP contribution in [-0.2, 0) is 0 Å². The van der Waals surface area contributed by atoms with Crippen molar-refractivity contribution in [1.29, 1.82) is 0 Å². The number of aromatic carboxylic acids is 1. The van der Waals surface area contributed by atoms with Crippen LogP contribution in [0.5, 0.6) is 0 Å². The Labute approximate surface area is 138 Å². The highest BCUT2D eigenvalue weighted by Gasteiger charge is 2.08. The smallest absolute Gasteiger partial charge is 0.337 e. The number of urea groups is 1. The van der Waals surface area contributed by atoms with E-state index in [1.165, 1.54) is 18.5 Å². The summed E-state index contributed by atoms with van der Waals surface area (Å²) in [6.45, 7) is 0. The minimum atomic E-state index is -1.11. The van der Waals surface area contributed by atoms with Crippen LogP contribution in [0.2, 0.25) is 5.02 Å². The van der Waals surface area contributed by atoms with Crippen LogP contribution in [0.3, 0.4) is 0 Å². The van der Waals surface area contributed by atoms with Crippen molar-refractivity contribution in [3.05, 3.63) is 50.8 Å². The Kier molecular flexibility index (Phi) is 4.97. The number of nitrogens with one attached hydrogen (secondary N) is 2. The van der Waals surface area contributed by atoms with Crippen LogP contribution in [0, 0.1) is 3.57 Å². The van der Waals surface area contributed by atoms with Crippen LogP contribution in [0.25, 0.3) is 0 Å². The predicted molar refractivity (Wildman–Crippen MR) is 88.0 cm³/mol.